The summed E-state index contributed by atoms with van der Waals surface area (Å²) >= 11 is 0. The minimum Gasteiger partial charge on any atom is -0.497 e. The standard InChI is InChI=1S/C27H31N5O4.C26H30N6O3.C25H27N5O4.C24H25N5O3/c1-34-22-12-21(13-23(15-22)35-2)31(9-5-10-33)20-7-8-24-25(14-20)30-26(17-28-24)19-16-29-32(18-19)27-6-3-4-11-36-27;1-30-18-19(16-28-30)26-17-27-24-5-4-20(14-25(24)29-26)32(7-6-31-8-10-35-11-9-31)21-12-22(33-2)15-23(13-21)34-3;1-5-34-25(31)8-9-30(19-10-20(32-3)13-21(11-19)33-4)18-6-7-22-23(12-18)28-24(15-26-22)17-14-27-29(2)16-17;1-31-20-8-19(9-21(11-20)32-7-6-30)29(15-16-2-3-16)18-4-5-22-23(10-18)28-24(14-25-22)17-12-26-27-13-17/h7-8,12-18,27,33H,3-6,9-11H2,1-2H3;4-5,12-18H,6-11H2,1-3H3;6-7,10-16H,5,8-9H2,1-4H3;4-5,8-14,16,30H,2-3,6-7,15H2,1H3,(H,26,27). The molecule has 16 aromatic rings. The molecule has 3 aliphatic rings. The topological polar surface area (TPSA) is 361 Å². The second-order valence-electron chi connectivity index (χ2n) is 32.8. The number of nitrogens with one attached hydrogen (secondary N) is 1. The van der Waals surface area contributed by atoms with Gasteiger partial charge in [-0.15, -0.1) is 0 Å². The van der Waals surface area contributed by atoms with Crippen molar-refractivity contribution in [3.63, 3.8) is 0 Å². The van der Waals surface area contributed by atoms with Gasteiger partial charge in [-0.25, -0.2) is 24.6 Å². The van der Waals surface area contributed by atoms with Crippen LogP contribution >= 0.6 is 0 Å². The highest BCUT2D eigenvalue weighted by Gasteiger charge is 2.28. The molecule has 0 bridgehead atoms. The molecule has 0 radical (unpaired) electrons. The molecule has 1 atom stereocenters. The number of aromatic amines is 1. The quantitative estimate of drug-likeness (QED) is 0.0311. The van der Waals surface area contributed by atoms with Gasteiger partial charge in [-0.3, -0.25) is 44.1 Å². The SMILES string of the molecule is CCOC(=O)CCN(c1cc(OC)cc(OC)c1)c1ccc2ncc(-c3cnn(C)c3)nc2c1.COc1cc(OC)cc(N(CCCO)c2ccc3ncc(-c4cnn(C5CCCCO5)c4)nc3c2)c1.COc1cc(OC)cc(N(CCN2CCOCC2)c2ccc3ncc(-c4cnn(C)c4)nc3c2)c1.COc1cc(OCCO)cc(N(CC2CC2)c2ccc3ncc(-c4cn[nH]c4)nc3c2)c1. The van der Waals surface area contributed by atoms with Gasteiger partial charge in [-0.05, 0) is 124 Å². The highest BCUT2D eigenvalue weighted by Crippen LogP contribution is 2.43. The molecule has 2 aliphatic heterocycles. The molecule has 19 rings (SSSR count). The van der Waals surface area contributed by atoms with Gasteiger partial charge in [-0.2, -0.15) is 20.4 Å². The Hall–Kier alpha value is -15.2. The fourth-order valence-electron chi connectivity index (χ4n) is 16.1. The van der Waals surface area contributed by atoms with E-state index in [1.165, 1.54) is 12.8 Å². The van der Waals surface area contributed by atoms with Gasteiger partial charge in [0.2, 0.25) is 0 Å². The Morgan fingerprint density at radius 2 is 0.847 bits per heavy atom. The monoisotopic (exact) mass is 1860 g/mol. The number of benzene rings is 8. The molecule has 1 unspecified atom stereocenters. The molecule has 35 heteroatoms. The number of hydrogen-bond acceptors (Lipinski definition) is 31. The molecule has 137 heavy (non-hydrogen) atoms. The number of aromatic nitrogens is 16. The zero-order valence-corrected chi connectivity index (χ0v) is 78.5. The lowest BCUT2D eigenvalue weighted by atomic mass is 10.1. The highest BCUT2D eigenvalue weighted by molar-refractivity contribution is 5.88. The van der Waals surface area contributed by atoms with E-state index in [0.29, 0.717) is 66.5 Å². The first-order chi connectivity index (χ1) is 67.0. The summed E-state index contributed by atoms with van der Waals surface area (Å²) in [6.07, 6.45) is 28.3. The smallest absolute Gasteiger partial charge is 0.307 e. The van der Waals surface area contributed by atoms with Gasteiger partial charge in [0.05, 0.1) is 199 Å². The first kappa shape index (κ1) is 95.0. The number of morpholine rings is 1. The van der Waals surface area contributed by atoms with Gasteiger partial charge in [0.1, 0.15) is 58.8 Å². The number of fused-ring (bicyclic) bond motifs is 4. The number of esters is 1. The summed E-state index contributed by atoms with van der Waals surface area (Å²) in [7, 11) is 15.2. The predicted molar refractivity (Wildman–Crippen MR) is 525 cm³/mol. The fraction of sp³-hybridized carbons (Fsp3) is 0.324. The summed E-state index contributed by atoms with van der Waals surface area (Å²) in [6, 6.07) is 47.3. The molecule has 0 amide bonds. The van der Waals surface area contributed by atoms with Crippen LogP contribution in [0, 0.1) is 5.92 Å². The molecule has 2 saturated heterocycles. The number of ether oxygens (including phenoxy) is 11. The molecule has 3 N–H and O–H groups in total. The molecule has 710 valence electrons. The van der Waals surface area contributed by atoms with Crippen LogP contribution in [0.4, 0.5) is 45.5 Å². The van der Waals surface area contributed by atoms with Crippen molar-refractivity contribution in [3.8, 4) is 91.0 Å². The third-order valence-electron chi connectivity index (χ3n) is 23.5. The summed E-state index contributed by atoms with van der Waals surface area (Å²) in [5.74, 6) is 5.94. The van der Waals surface area contributed by atoms with E-state index in [2.05, 4.69) is 89.3 Å². The van der Waals surface area contributed by atoms with Gasteiger partial charge in [0, 0.05) is 238 Å². The molecule has 35 nitrogen and oxygen atoms in total. The summed E-state index contributed by atoms with van der Waals surface area (Å²) < 4.78 is 66.1. The lowest BCUT2D eigenvalue weighted by molar-refractivity contribution is -0.142. The number of H-pyrrole nitrogens is 1. The Kier molecular flexibility index (Phi) is 31.7. The normalized spacial score (nSPS) is 13.6. The van der Waals surface area contributed by atoms with Crippen molar-refractivity contribution in [1.29, 1.82) is 0 Å². The first-order valence-corrected chi connectivity index (χ1v) is 45.5. The molecule has 0 spiro atoms. The molecular formula is C102H113N21O14. The van der Waals surface area contributed by atoms with E-state index < -0.39 is 0 Å². The Bertz CT molecular complexity index is 6660. The summed E-state index contributed by atoms with van der Waals surface area (Å²) in [6.45, 7) is 10.2. The van der Waals surface area contributed by atoms with Crippen LogP contribution in [-0.4, -0.2) is 242 Å². The van der Waals surface area contributed by atoms with Crippen molar-refractivity contribution in [2.45, 2.75) is 58.1 Å². The number of nitrogens with zero attached hydrogens (tertiary/aromatic N) is 20. The second kappa shape index (κ2) is 45.7. The number of anilines is 8. The maximum absolute atomic E-state index is 12.1. The van der Waals surface area contributed by atoms with Crippen LogP contribution in [0.3, 0.4) is 0 Å². The van der Waals surface area contributed by atoms with E-state index in [4.69, 9.17) is 77.1 Å². The van der Waals surface area contributed by atoms with Crippen LogP contribution in [0.25, 0.3) is 89.2 Å². The number of aliphatic hydroxyl groups excluding tert-OH is 2. The van der Waals surface area contributed by atoms with Gasteiger partial charge in [0.25, 0.3) is 0 Å². The van der Waals surface area contributed by atoms with Crippen molar-refractivity contribution in [3.05, 3.63) is 220 Å². The van der Waals surface area contributed by atoms with E-state index in [9.17, 15) is 9.90 Å². The van der Waals surface area contributed by atoms with Crippen molar-refractivity contribution in [2.24, 2.45) is 20.0 Å². The number of aryl methyl sites for hydroxylation is 2. The van der Waals surface area contributed by atoms with Crippen molar-refractivity contribution in [1.82, 2.24) is 84.3 Å². The van der Waals surface area contributed by atoms with Gasteiger partial charge in [-0.1, -0.05) is 0 Å². The zero-order chi connectivity index (χ0) is 95.1. The molecule has 8 aromatic heterocycles. The van der Waals surface area contributed by atoms with Crippen LogP contribution in [-0.2, 0) is 33.1 Å². The average molecular weight is 1860 g/mol. The number of methoxy groups -OCH3 is 7. The second-order valence-corrected chi connectivity index (χ2v) is 32.8. The molecule has 8 aromatic carbocycles. The third kappa shape index (κ3) is 24.3. The van der Waals surface area contributed by atoms with Gasteiger partial charge >= 0.3 is 5.97 Å². The lowest BCUT2D eigenvalue weighted by Crippen LogP contribution is -2.40. The number of rotatable bonds is 35. The van der Waals surface area contributed by atoms with Crippen molar-refractivity contribution >= 4 is 95.6 Å². The molecular weight excluding hydrogens is 1740 g/mol. The predicted octanol–water partition coefficient (Wildman–Crippen LogP) is 16.3. The van der Waals surface area contributed by atoms with Crippen LogP contribution < -0.4 is 57.5 Å². The Balaban J connectivity index is 0.000000132. The lowest BCUT2D eigenvalue weighted by Gasteiger charge is -2.31. The average Bonchev–Trinajstić information content (AvgIpc) is 1.77. The van der Waals surface area contributed by atoms with Gasteiger partial charge in [0.15, 0.2) is 0 Å². The molecule has 1 saturated carbocycles. The summed E-state index contributed by atoms with van der Waals surface area (Å²) in [5.41, 5.74) is 20.6. The maximum atomic E-state index is 12.1. The first-order valence-electron chi connectivity index (χ1n) is 45.5. The third-order valence-corrected chi connectivity index (χ3v) is 23.5. The maximum Gasteiger partial charge on any atom is 0.307 e. The number of carbonyl (C=O) groups is 1. The zero-order valence-electron chi connectivity index (χ0n) is 78.5. The van der Waals surface area contributed by atoms with Crippen LogP contribution in [0.5, 0.6) is 46.0 Å². The molecule has 1 aliphatic carbocycles. The Morgan fingerprint density at radius 3 is 1.25 bits per heavy atom. The summed E-state index contributed by atoms with van der Waals surface area (Å²) in [4.78, 5) is 61.1. The van der Waals surface area contributed by atoms with E-state index >= 15 is 0 Å². The number of aliphatic hydroxyl groups is 2. The fourth-order valence-corrected chi connectivity index (χ4v) is 16.1. The Morgan fingerprint density at radius 1 is 0.431 bits per heavy atom. The van der Waals surface area contributed by atoms with E-state index in [1.54, 1.807) is 116 Å². The largest absolute Gasteiger partial charge is 0.497 e. The van der Waals surface area contributed by atoms with Crippen LogP contribution in [0.1, 0.15) is 58.1 Å². The molecule has 10 heterocycles. The minimum atomic E-state index is -0.262. The van der Waals surface area contributed by atoms with E-state index in [0.717, 1.165) is 218 Å². The number of hydrogen-bond donors (Lipinski definition) is 3. The van der Waals surface area contributed by atoms with Gasteiger partial charge < -0.3 is 81.9 Å². The van der Waals surface area contributed by atoms with Crippen LogP contribution in [0.2, 0.25) is 0 Å². The van der Waals surface area contributed by atoms with E-state index in [-0.39, 0.29) is 38.4 Å². The van der Waals surface area contributed by atoms with E-state index in [1.807, 2.05) is 170 Å². The Labute approximate surface area is 793 Å². The van der Waals surface area contributed by atoms with Crippen LogP contribution in [0.15, 0.2) is 220 Å². The minimum absolute atomic E-state index is 0.0209. The highest BCUT2D eigenvalue weighted by atomic mass is 16.5. The molecule has 3 fully saturated rings. The summed E-state index contributed by atoms with van der Waals surface area (Å²) in [5, 5.41) is 38.5. The van der Waals surface area contributed by atoms with Crippen molar-refractivity contribution < 1.29 is 67.1 Å². The van der Waals surface area contributed by atoms with Crippen molar-refractivity contribution in [2.75, 3.05) is 161 Å². The number of carbonyl (C=O) groups excluding carboxylic acids is 1.